The fourth-order valence-electron chi connectivity index (χ4n) is 7.35. The highest BCUT2D eigenvalue weighted by Crippen LogP contribution is 2.52. The van der Waals surface area contributed by atoms with Gasteiger partial charge in [0.15, 0.2) is 0 Å². The summed E-state index contributed by atoms with van der Waals surface area (Å²) in [4.78, 5) is 42.0. The molecule has 2 amide bonds. The maximum Gasteiger partial charge on any atom is 0.253 e. The van der Waals surface area contributed by atoms with Gasteiger partial charge in [0.1, 0.15) is 0 Å². The number of pyridine rings is 1. The Morgan fingerprint density at radius 1 is 0.974 bits per heavy atom. The fourth-order valence-corrected chi connectivity index (χ4v) is 7.35. The molecule has 2 saturated carbocycles. The molecule has 3 fully saturated rings. The van der Waals surface area contributed by atoms with E-state index in [1.54, 1.807) is 13.2 Å². The molecular formula is C31H41N3O4. The van der Waals surface area contributed by atoms with E-state index in [1.807, 2.05) is 35.2 Å². The number of aromatic nitrogens is 1. The van der Waals surface area contributed by atoms with E-state index in [0.29, 0.717) is 30.6 Å². The highest BCUT2D eigenvalue weighted by atomic mass is 16.3. The fraction of sp³-hybridized carbons (Fsp3) is 0.581. The Morgan fingerprint density at radius 2 is 1.63 bits per heavy atom. The first kappa shape index (κ1) is 26.7. The third kappa shape index (κ3) is 4.70. The van der Waals surface area contributed by atoms with Gasteiger partial charge in [-0.25, -0.2) is 0 Å². The number of nitrogens with one attached hydrogen (secondary N) is 1. The van der Waals surface area contributed by atoms with E-state index >= 15 is 0 Å². The molecule has 2 heterocycles. The van der Waals surface area contributed by atoms with Crippen molar-refractivity contribution in [1.82, 2.24) is 14.8 Å². The van der Waals surface area contributed by atoms with Gasteiger partial charge in [0.25, 0.3) is 11.5 Å². The zero-order valence-electron chi connectivity index (χ0n) is 22.8. The second-order valence-electron chi connectivity index (χ2n) is 12.1. The molecule has 1 aromatic carbocycles. The average molecular weight is 520 g/mol. The van der Waals surface area contributed by atoms with Crippen LogP contribution >= 0.6 is 0 Å². The Labute approximate surface area is 225 Å². The molecule has 1 aliphatic heterocycles. The predicted octanol–water partition coefficient (Wildman–Crippen LogP) is 4.37. The largest absolute Gasteiger partial charge is 0.387 e. The van der Waals surface area contributed by atoms with Gasteiger partial charge in [0, 0.05) is 48.8 Å². The van der Waals surface area contributed by atoms with Crippen LogP contribution in [0.3, 0.4) is 0 Å². The Bertz CT molecular complexity index is 1240. The van der Waals surface area contributed by atoms with Crippen LogP contribution in [0.25, 0.3) is 11.1 Å². The number of carbonyl (C=O) groups excluding carboxylic acids is 2. The van der Waals surface area contributed by atoms with E-state index < -0.39 is 11.0 Å². The molecule has 2 N–H and O–H groups in total. The van der Waals surface area contributed by atoms with Crippen LogP contribution in [-0.2, 0) is 11.3 Å². The monoisotopic (exact) mass is 519 g/mol. The summed E-state index contributed by atoms with van der Waals surface area (Å²) in [5.74, 6) is -0.0434. The number of likely N-dealkylation sites (tertiary alicyclic amines) is 1. The van der Waals surface area contributed by atoms with Gasteiger partial charge in [-0.3, -0.25) is 14.4 Å². The first-order chi connectivity index (χ1) is 18.2. The summed E-state index contributed by atoms with van der Waals surface area (Å²) in [7, 11) is 1.58. The standard InChI is InChI=1S/C31H41N3O4/c1-29(13-7-4-8-14-29)28(37)33-18-17-31(38,30(21-33)15-9-10-16-30)22-34-20-25(27(36)32-2)24(19-26(34)35)23-11-5-3-6-12-23/h3,5-6,11-12,19-20,38H,4,7-10,13-18,21-22H2,1-2H3,(H,32,36). The van der Waals surface area contributed by atoms with Gasteiger partial charge in [-0.05, 0) is 37.7 Å². The van der Waals surface area contributed by atoms with Gasteiger partial charge in [0.2, 0.25) is 5.91 Å². The average Bonchev–Trinajstić information content (AvgIpc) is 3.41. The molecule has 204 valence electrons. The predicted molar refractivity (Wildman–Crippen MR) is 148 cm³/mol. The summed E-state index contributed by atoms with van der Waals surface area (Å²) < 4.78 is 1.51. The lowest BCUT2D eigenvalue weighted by Gasteiger charge is -2.53. The van der Waals surface area contributed by atoms with Crippen LogP contribution in [0, 0.1) is 10.8 Å². The lowest BCUT2D eigenvalue weighted by atomic mass is 9.65. The number of carbonyl (C=O) groups is 2. The third-order valence-corrected chi connectivity index (χ3v) is 9.71. The molecule has 3 aliphatic rings. The maximum absolute atomic E-state index is 13.7. The normalized spacial score (nSPS) is 24.3. The minimum Gasteiger partial charge on any atom is -0.387 e. The molecule has 2 aromatic rings. The Balaban J connectivity index is 1.46. The lowest BCUT2D eigenvalue weighted by molar-refractivity contribution is -0.168. The van der Waals surface area contributed by atoms with E-state index in [1.165, 1.54) is 17.1 Å². The van der Waals surface area contributed by atoms with E-state index in [0.717, 1.165) is 56.9 Å². The molecule has 1 aromatic heterocycles. The molecule has 1 saturated heterocycles. The minimum atomic E-state index is -1.13. The molecule has 7 nitrogen and oxygen atoms in total. The third-order valence-electron chi connectivity index (χ3n) is 9.71. The molecule has 1 atom stereocenters. The van der Waals surface area contributed by atoms with Crippen LogP contribution in [0.5, 0.6) is 0 Å². The van der Waals surface area contributed by atoms with Crippen molar-refractivity contribution in [1.29, 1.82) is 0 Å². The van der Waals surface area contributed by atoms with Crippen molar-refractivity contribution in [3.05, 3.63) is 58.5 Å². The van der Waals surface area contributed by atoms with Crippen LogP contribution in [0.2, 0.25) is 0 Å². The number of hydrogen-bond donors (Lipinski definition) is 2. The molecule has 2 aliphatic carbocycles. The Kier molecular flexibility index (Phi) is 7.25. The smallest absolute Gasteiger partial charge is 0.253 e. The highest BCUT2D eigenvalue weighted by Gasteiger charge is 2.56. The number of rotatable bonds is 5. The topological polar surface area (TPSA) is 91.6 Å². The quantitative estimate of drug-likeness (QED) is 0.614. The zero-order valence-corrected chi connectivity index (χ0v) is 22.8. The Hall–Kier alpha value is -2.93. The van der Waals surface area contributed by atoms with Crippen LogP contribution in [0.15, 0.2) is 47.4 Å². The van der Waals surface area contributed by atoms with Crippen molar-refractivity contribution < 1.29 is 14.7 Å². The molecular weight excluding hydrogens is 478 g/mol. The summed E-state index contributed by atoms with van der Waals surface area (Å²) in [6.07, 6.45) is 11.0. The van der Waals surface area contributed by atoms with Crippen LogP contribution < -0.4 is 10.9 Å². The number of nitrogens with zero attached hydrogens (tertiary/aromatic N) is 2. The molecule has 5 rings (SSSR count). The number of amides is 2. The molecule has 1 unspecified atom stereocenters. The van der Waals surface area contributed by atoms with E-state index in [-0.39, 0.29) is 29.3 Å². The zero-order chi connectivity index (χ0) is 27.0. The first-order valence-corrected chi connectivity index (χ1v) is 14.2. The van der Waals surface area contributed by atoms with E-state index in [4.69, 9.17) is 0 Å². The van der Waals surface area contributed by atoms with Crippen molar-refractivity contribution in [2.75, 3.05) is 20.1 Å². The SMILES string of the molecule is CNC(=O)c1cn(CC2(O)CCN(C(=O)C3(C)CCCCC3)CC23CCCC3)c(=O)cc1-c1ccccc1. The maximum atomic E-state index is 13.7. The number of hydrogen-bond acceptors (Lipinski definition) is 4. The van der Waals surface area contributed by atoms with E-state index in [2.05, 4.69) is 12.2 Å². The summed E-state index contributed by atoms with van der Waals surface area (Å²) in [6, 6.07) is 10.9. The molecule has 1 spiro atoms. The van der Waals surface area contributed by atoms with Crippen molar-refractivity contribution in [3.63, 3.8) is 0 Å². The van der Waals surface area contributed by atoms with Crippen molar-refractivity contribution in [3.8, 4) is 11.1 Å². The minimum absolute atomic E-state index is 0.115. The van der Waals surface area contributed by atoms with Crippen LogP contribution in [0.4, 0.5) is 0 Å². The van der Waals surface area contributed by atoms with Gasteiger partial charge in [-0.1, -0.05) is 69.4 Å². The number of piperidine rings is 1. The van der Waals surface area contributed by atoms with Crippen molar-refractivity contribution >= 4 is 11.8 Å². The first-order valence-electron chi connectivity index (χ1n) is 14.2. The molecule has 38 heavy (non-hydrogen) atoms. The Morgan fingerprint density at radius 3 is 2.29 bits per heavy atom. The van der Waals surface area contributed by atoms with Crippen LogP contribution in [-0.4, -0.2) is 52.1 Å². The molecule has 0 radical (unpaired) electrons. The second kappa shape index (κ2) is 10.3. The van der Waals surface area contributed by atoms with Gasteiger partial charge in [-0.15, -0.1) is 0 Å². The summed E-state index contributed by atoms with van der Waals surface area (Å²) >= 11 is 0. The summed E-state index contributed by atoms with van der Waals surface area (Å²) in [5, 5.41) is 14.9. The molecule has 0 bridgehead atoms. The van der Waals surface area contributed by atoms with Gasteiger partial charge < -0.3 is 19.9 Å². The van der Waals surface area contributed by atoms with Gasteiger partial charge >= 0.3 is 0 Å². The highest BCUT2D eigenvalue weighted by molar-refractivity contribution is 6.00. The number of aliphatic hydroxyl groups is 1. The molecule has 7 heteroatoms. The van der Waals surface area contributed by atoms with E-state index in [9.17, 15) is 19.5 Å². The second-order valence-corrected chi connectivity index (χ2v) is 12.1. The summed E-state index contributed by atoms with van der Waals surface area (Å²) in [6.45, 7) is 3.26. The number of benzene rings is 1. The van der Waals surface area contributed by atoms with Crippen molar-refractivity contribution in [2.45, 2.75) is 83.3 Å². The van der Waals surface area contributed by atoms with Gasteiger partial charge in [0.05, 0.1) is 17.7 Å². The van der Waals surface area contributed by atoms with Crippen molar-refractivity contribution in [2.24, 2.45) is 10.8 Å². The summed E-state index contributed by atoms with van der Waals surface area (Å²) in [5.41, 5.74) is -0.353. The van der Waals surface area contributed by atoms with Crippen LogP contribution in [0.1, 0.15) is 81.5 Å². The lowest BCUT2D eigenvalue weighted by Crippen LogP contribution is -2.63. The van der Waals surface area contributed by atoms with Gasteiger partial charge in [-0.2, -0.15) is 0 Å².